The third kappa shape index (κ3) is 6.74. The number of methoxy groups -OCH3 is 1. The number of ether oxygens (including phenoxy) is 2. The van der Waals surface area contributed by atoms with Gasteiger partial charge in [0.2, 0.25) is 5.91 Å². The Balaban J connectivity index is 1.41. The van der Waals surface area contributed by atoms with Crippen molar-refractivity contribution >= 4 is 39.7 Å². The van der Waals surface area contributed by atoms with Crippen LogP contribution in [0.4, 0.5) is 5.69 Å². The number of rotatable bonds is 4. The zero-order chi connectivity index (χ0) is 32.4. The summed E-state index contributed by atoms with van der Waals surface area (Å²) in [6, 6.07) is 11.7. The van der Waals surface area contributed by atoms with E-state index in [4.69, 9.17) is 21.1 Å². The van der Waals surface area contributed by atoms with Crippen LogP contribution in [0.5, 0.6) is 5.75 Å². The number of benzene rings is 2. The number of carbonyl (C=O) groups is 2. The summed E-state index contributed by atoms with van der Waals surface area (Å²) in [5.74, 6) is 0.767. The van der Waals surface area contributed by atoms with Crippen molar-refractivity contribution in [2.45, 2.75) is 75.6 Å². The maximum absolute atomic E-state index is 13.6. The Morgan fingerprint density at radius 3 is 2.85 bits per heavy atom. The SMILES string of the molecule is CCC(=O)NCC1C(C)CC=CC(OC)C2CCC2CN2CC3(CCCc4cc(Cl)ccc43)COc3ccc(cc32)C(=O)N=[S-]1=O. The van der Waals surface area contributed by atoms with Crippen LogP contribution in [0, 0.1) is 17.8 Å². The maximum atomic E-state index is 13.6. The summed E-state index contributed by atoms with van der Waals surface area (Å²) in [4.78, 5) is 28.1. The van der Waals surface area contributed by atoms with Crippen LogP contribution < -0.4 is 15.0 Å². The molecule has 1 fully saturated rings. The van der Waals surface area contributed by atoms with Gasteiger partial charge < -0.3 is 28.3 Å². The molecule has 6 atom stereocenters. The van der Waals surface area contributed by atoms with Gasteiger partial charge in [-0.2, -0.15) is 10.6 Å². The topological polar surface area (TPSA) is 97.3 Å². The highest BCUT2D eigenvalue weighted by molar-refractivity contribution is 7.76. The molecule has 0 aromatic heterocycles. The average molecular weight is 667 g/mol. The van der Waals surface area contributed by atoms with Crippen molar-refractivity contribution in [2.24, 2.45) is 22.1 Å². The molecular weight excluding hydrogens is 622 g/mol. The van der Waals surface area contributed by atoms with Gasteiger partial charge in [0, 0.05) is 49.2 Å². The quantitative estimate of drug-likeness (QED) is 0.291. The van der Waals surface area contributed by atoms with Gasteiger partial charge in [-0.25, -0.2) is 0 Å². The molecule has 6 rings (SSSR count). The summed E-state index contributed by atoms with van der Waals surface area (Å²) in [5, 5.41) is 3.10. The van der Waals surface area contributed by atoms with Crippen molar-refractivity contribution in [3.8, 4) is 5.75 Å². The Morgan fingerprint density at radius 1 is 1.24 bits per heavy atom. The molecule has 2 amide bonds. The van der Waals surface area contributed by atoms with Gasteiger partial charge in [-0.3, -0.25) is 9.59 Å². The van der Waals surface area contributed by atoms with Gasteiger partial charge in [0.1, 0.15) is 5.75 Å². The summed E-state index contributed by atoms with van der Waals surface area (Å²) >= 11 is 6.43. The first-order valence-corrected chi connectivity index (χ1v) is 18.2. The number of hydrogen-bond acceptors (Lipinski definition) is 7. The minimum absolute atomic E-state index is 0.0330. The number of anilines is 1. The second-order valence-corrected chi connectivity index (χ2v) is 15.3. The van der Waals surface area contributed by atoms with Crippen molar-refractivity contribution in [1.29, 1.82) is 0 Å². The monoisotopic (exact) mass is 666 g/mol. The lowest BCUT2D eigenvalue weighted by Crippen LogP contribution is -2.49. The van der Waals surface area contributed by atoms with Gasteiger partial charge in [-0.15, -0.1) is 0 Å². The van der Waals surface area contributed by atoms with Crippen LogP contribution in [0.1, 0.15) is 73.9 Å². The average Bonchev–Trinajstić information content (AvgIpc) is 3.18. The lowest BCUT2D eigenvalue weighted by Gasteiger charge is -2.46. The molecule has 0 radical (unpaired) electrons. The molecule has 2 aromatic rings. The predicted octanol–water partition coefficient (Wildman–Crippen LogP) is 6.63. The molecule has 2 aliphatic heterocycles. The first-order valence-electron chi connectivity index (χ1n) is 16.6. The van der Waals surface area contributed by atoms with Gasteiger partial charge in [0.05, 0.1) is 18.4 Å². The normalized spacial score (nSPS) is 29.9. The van der Waals surface area contributed by atoms with E-state index in [1.807, 2.05) is 25.1 Å². The van der Waals surface area contributed by atoms with Crippen molar-refractivity contribution in [2.75, 3.05) is 38.3 Å². The maximum Gasteiger partial charge on any atom is 0.254 e. The second kappa shape index (κ2) is 14.1. The van der Waals surface area contributed by atoms with Crippen molar-refractivity contribution in [1.82, 2.24) is 5.32 Å². The van der Waals surface area contributed by atoms with Crippen LogP contribution in [-0.2, 0) is 36.2 Å². The molecule has 8 nitrogen and oxygen atoms in total. The number of amides is 2. The third-order valence-corrected chi connectivity index (χ3v) is 12.4. The zero-order valence-electron chi connectivity index (χ0n) is 27.0. The van der Waals surface area contributed by atoms with Crippen LogP contribution in [0.15, 0.2) is 52.9 Å². The Morgan fingerprint density at radius 2 is 2.09 bits per heavy atom. The Labute approximate surface area is 279 Å². The lowest BCUT2D eigenvalue weighted by molar-refractivity contribution is -0.120. The molecule has 10 heteroatoms. The van der Waals surface area contributed by atoms with Gasteiger partial charge in [-0.05, 0) is 91.8 Å². The van der Waals surface area contributed by atoms with Crippen molar-refractivity contribution in [3.63, 3.8) is 0 Å². The van der Waals surface area contributed by atoms with Crippen molar-refractivity contribution < 1.29 is 23.3 Å². The molecular formula is C36H45ClN3O5S-. The highest BCUT2D eigenvalue weighted by Gasteiger charge is 2.44. The van der Waals surface area contributed by atoms with E-state index in [1.54, 1.807) is 20.1 Å². The molecule has 248 valence electrons. The lowest BCUT2D eigenvalue weighted by atomic mass is 9.68. The van der Waals surface area contributed by atoms with E-state index in [9.17, 15) is 13.8 Å². The van der Waals surface area contributed by atoms with E-state index in [0.29, 0.717) is 36.8 Å². The highest BCUT2D eigenvalue weighted by Crippen LogP contribution is 2.47. The molecule has 2 heterocycles. The summed E-state index contributed by atoms with van der Waals surface area (Å²) in [6.07, 6.45) is 10.4. The van der Waals surface area contributed by atoms with E-state index in [1.165, 1.54) is 11.1 Å². The van der Waals surface area contributed by atoms with Gasteiger partial charge in [0.25, 0.3) is 5.91 Å². The van der Waals surface area contributed by atoms with Crippen LogP contribution in [0.25, 0.3) is 0 Å². The number of nitrogens with one attached hydrogen (secondary N) is 1. The van der Waals surface area contributed by atoms with Gasteiger partial charge in [0.15, 0.2) is 0 Å². The number of halogens is 1. The van der Waals surface area contributed by atoms with Crippen LogP contribution in [0.3, 0.4) is 0 Å². The van der Waals surface area contributed by atoms with E-state index in [-0.39, 0.29) is 29.9 Å². The summed E-state index contributed by atoms with van der Waals surface area (Å²) in [6.45, 7) is 6.06. The van der Waals surface area contributed by atoms with E-state index >= 15 is 0 Å². The summed E-state index contributed by atoms with van der Waals surface area (Å²) in [7, 11) is -0.0790. The first-order chi connectivity index (χ1) is 22.2. The van der Waals surface area contributed by atoms with Crippen LogP contribution in [0.2, 0.25) is 5.02 Å². The molecule has 6 unspecified atom stereocenters. The smallest absolute Gasteiger partial charge is 0.254 e. The molecule has 1 spiro atoms. The molecule has 0 saturated heterocycles. The third-order valence-electron chi connectivity index (χ3n) is 10.6. The second-order valence-electron chi connectivity index (χ2n) is 13.5. The first kappa shape index (κ1) is 33.0. The van der Waals surface area contributed by atoms with Gasteiger partial charge in [-0.1, -0.05) is 54.8 Å². The van der Waals surface area contributed by atoms with Gasteiger partial charge >= 0.3 is 0 Å². The molecule has 1 N–H and O–H groups in total. The van der Waals surface area contributed by atoms with Crippen molar-refractivity contribution in [3.05, 3.63) is 70.3 Å². The summed E-state index contributed by atoms with van der Waals surface area (Å²) < 4.78 is 30.5. The standard InChI is InChI=1S/C36H45ClN3O5S/c1-4-34(41)38-19-33-23(2)7-5-9-31(44-3)28-13-10-26(28)20-40-21-36(16-6-8-24-17-27(37)12-14-29(24)36)22-45-32-15-11-25(18-30(32)40)35(42)39-46(33)43/h5,9,11-12,14-15,17-18,23,26,28,31,33H,4,6-8,10,13,16,19-22H2,1-3H3,(H,38,41)/q-1. The molecule has 2 aliphatic carbocycles. The fourth-order valence-electron chi connectivity index (χ4n) is 7.77. The molecule has 1 saturated carbocycles. The number of aryl methyl sites for hydroxylation is 1. The number of nitrogens with zero attached hydrogens (tertiary/aromatic N) is 2. The van der Waals surface area contributed by atoms with E-state index in [2.05, 4.69) is 38.9 Å². The predicted molar refractivity (Wildman–Crippen MR) is 182 cm³/mol. The molecule has 4 aliphatic rings. The van der Waals surface area contributed by atoms with Crippen LogP contribution in [-0.4, -0.2) is 56.5 Å². The molecule has 2 aromatic carbocycles. The van der Waals surface area contributed by atoms with Crippen LogP contribution >= 0.6 is 11.6 Å². The van der Waals surface area contributed by atoms with E-state index in [0.717, 1.165) is 61.7 Å². The fraction of sp³-hybridized carbons (Fsp3) is 0.556. The van der Waals surface area contributed by atoms with E-state index < -0.39 is 21.8 Å². The Kier molecular flexibility index (Phi) is 10.1. The minimum atomic E-state index is -1.85. The summed E-state index contributed by atoms with van der Waals surface area (Å²) in [5.41, 5.74) is 3.60. The largest absolute Gasteiger partial charge is 0.490 e. The number of fused-ring (bicyclic) bond motifs is 4. The Bertz CT molecular complexity index is 1590. The fourth-order valence-corrected chi connectivity index (χ4v) is 9.11. The number of carbonyl (C=O) groups excluding carboxylic acids is 2. The Hall–Kier alpha value is -2.88. The minimum Gasteiger partial charge on any atom is -0.490 e. The highest BCUT2D eigenvalue weighted by atomic mass is 35.5. The number of hydrogen-bond donors (Lipinski definition) is 1. The molecule has 46 heavy (non-hydrogen) atoms. The number of allylic oxidation sites excluding steroid dienone is 1. The molecule has 2 bridgehead atoms. The zero-order valence-corrected chi connectivity index (χ0v) is 28.6.